The van der Waals surface area contributed by atoms with E-state index in [0.29, 0.717) is 19.3 Å². The first-order chi connectivity index (χ1) is 13.3. The highest BCUT2D eigenvalue weighted by molar-refractivity contribution is 7.10. The molecular formula is C19H34N4O3S. The summed E-state index contributed by atoms with van der Waals surface area (Å²) in [4.78, 5) is 8.69. The van der Waals surface area contributed by atoms with Gasteiger partial charge in [-0.15, -0.1) is 11.3 Å². The van der Waals surface area contributed by atoms with Crippen LogP contribution in [-0.4, -0.2) is 83.7 Å². The van der Waals surface area contributed by atoms with Crippen LogP contribution in [-0.2, 0) is 14.2 Å². The second-order valence-electron chi connectivity index (χ2n) is 6.28. The van der Waals surface area contributed by atoms with Gasteiger partial charge in [-0.2, -0.15) is 0 Å². The second-order valence-corrected chi connectivity index (χ2v) is 7.26. The molecule has 0 amide bonds. The van der Waals surface area contributed by atoms with E-state index in [2.05, 4.69) is 40.0 Å². The molecule has 0 saturated carbocycles. The minimum atomic E-state index is 0.307. The number of hydrogen-bond acceptors (Lipinski definition) is 6. The molecule has 7 nitrogen and oxygen atoms in total. The van der Waals surface area contributed by atoms with Crippen molar-refractivity contribution >= 4 is 17.3 Å². The van der Waals surface area contributed by atoms with Crippen LogP contribution in [0.15, 0.2) is 22.5 Å². The van der Waals surface area contributed by atoms with Crippen LogP contribution < -0.4 is 10.6 Å². The highest BCUT2D eigenvalue weighted by Gasteiger charge is 2.23. The van der Waals surface area contributed by atoms with Gasteiger partial charge in [0.15, 0.2) is 5.96 Å². The summed E-state index contributed by atoms with van der Waals surface area (Å²) in [5.41, 5.74) is 0. The summed E-state index contributed by atoms with van der Waals surface area (Å²) in [6.45, 7) is 10.0. The molecule has 154 valence electrons. The summed E-state index contributed by atoms with van der Waals surface area (Å²) in [6, 6.07) is 4.63. The highest BCUT2D eigenvalue weighted by Crippen LogP contribution is 2.26. The van der Waals surface area contributed by atoms with Crippen molar-refractivity contribution < 1.29 is 14.2 Å². The summed E-state index contributed by atoms with van der Waals surface area (Å²) in [7, 11) is 1.68. The summed E-state index contributed by atoms with van der Waals surface area (Å²) < 4.78 is 16.0. The number of methoxy groups -OCH3 is 1. The van der Waals surface area contributed by atoms with Gasteiger partial charge in [-0.05, 0) is 24.8 Å². The van der Waals surface area contributed by atoms with Gasteiger partial charge in [0, 0.05) is 44.8 Å². The maximum absolute atomic E-state index is 5.51. The Balaban J connectivity index is 1.84. The average Bonchev–Trinajstić information content (AvgIpc) is 3.22. The fraction of sp³-hybridized carbons (Fsp3) is 0.737. The minimum absolute atomic E-state index is 0.307. The third kappa shape index (κ3) is 8.57. The molecule has 0 radical (unpaired) electrons. The Labute approximate surface area is 167 Å². The molecule has 0 spiro atoms. The van der Waals surface area contributed by atoms with Gasteiger partial charge in [-0.3, -0.25) is 9.89 Å². The van der Waals surface area contributed by atoms with Crippen LogP contribution in [0.1, 0.15) is 24.3 Å². The van der Waals surface area contributed by atoms with Gasteiger partial charge in [0.2, 0.25) is 0 Å². The van der Waals surface area contributed by atoms with E-state index in [-0.39, 0.29) is 0 Å². The molecule has 0 bridgehead atoms. The topological polar surface area (TPSA) is 67.4 Å². The maximum Gasteiger partial charge on any atom is 0.191 e. The van der Waals surface area contributed by atoms with Crippen LogP contribution in [0, 0.1) is 0 Å². The number of nitrogens with one attached hydrogen (secondary N) is 2. The van der Waals surface area contributed by atoms with E-state index in [0.717, 1.165) is 64.9 Å². The number of aliphatic imine (C=N–C) groups is 1. The molecule has 2 rings (SSSR count). The third-order valence-electron chi connectivity index (χ3n) is 4.31. The average molecular weight is 399 g/mol. The smallest absolute Gasteiger partial charge is 0.191 e. The number of thiophene rings is 1. The van der Waals surface area contributed by atoms with Gasteiger partial charge in [0.05, 0.1) is 39.0 Å². The SMILES string of the molecule is CCNC(=NCC(c1cccs1)N1CCOCC1)NCCCOCCOC. The summed E-state index contributed by atoms with van der Waals surface area (Å²) >= 11 is 1.80. The monoisotopic (exact) mass is 398 g/mol. The molecule has 0 aromatic carbocycles. The minimum Gasteiger partial charge on any atom is -0.382 e. The third-order valence-corrected chi connectivity index (χ3v) is 5.29. The van der Waals surface area contributed by atoms with Crippen LogP contribution >= 0.6 is 11.3 Å². The quantitative estimate of drug-likeness (QED) is 0.318. The van der Waals surface area contributed by atoms with Crippen LogP contribution in [0.25, 0.3) is 0 Å². The molecule has 1 aliphatic heterocycles. The molecule has 2 heterocycles. The predicted molar refractivity (Wildman–Crippen MR) is 111 cm³/mol. The van der Waals surface area contributed by atoms with Crippen molar-refractivity contribution in [3.05, 3.63) is 22.4 Å². The van der Waals surface area contributed by atoms with E-state index in [1.54, 1.807) is 18.4 Å². The van der Waals surface area contributed by atoms with Crippen molar-refractivity contribution in [2.24, 2.45) is 4.99 Å². The molecule has 1 aliphatic rings. The predicted octanol–water partition coefficient (Wildman–Crippen LogP) is 1.73. The summed E-state index contributed by atoms with van der Waals surface area (Å²) in [6.07, 6.45) is 0.936. The fourth-order valence-corrected chi connectivity index (χ4v) is 3.75. The van der Waals surface area contributed by atoms with E-state index in [1.807, 2.05) is 0 Å². The Kier molecular flexibility index (Phi) is 11.4. The lowest BCUT2D eigenvalue weighted by molar-refractivity contribution is 0.0186. The molecule has 27 heavy (non-hydrogen) atoms. The summed E-state index contributed by atoms with van der Waals surface area (Å²) in [5, 5.41) is 8.88. The van der Waals surface area contributed by atoms with Gasteiger partial charge in [0.25, 0.3) is 0 Å². The maximum atomic E-state index is 5.51. The zero-order valence-electron chi connectivity index (χ0n) is 16.6. The van der Waals surface area contributed by atoms with Gasteiger partial charge in [0.1, 0.15) is 0 Å². The van der Waals surface area contributed by atoms with E-state index in [4.69, 9.17) is 19.2 Å². The Hall–Kier alpha value is -1.19. The first-order valence-electron chi connectivity index (χ1n) is 9.79. The Morgan fingerprint density at radius 2 is 2.15 bits per heavy atom. The van der Waals surface area contributed by atoms with Crippen LogP contribution in [0.4, 0.5) is 0 Å². The zero-order valence-corrected chi connectivity index (χ0v) is 17.4. The van der Waals surface area contributed by atoms with Gasteiger partial charge in [-0.1, -0.05) is 6.07 Å². The van der Waals surface area contributed by atoms with Gasteiger partial charge >= 0.3 is 0 Å². The Morgan fingerprint density at radius 1 is 1.30 bits per heavy atom. The van der Waals surface area contributed by atoms with Crippen molar-refractivity contribution in [2.75, 3.05) is 72.9 Å². The molecule has 1 unspecified atom stereocenters. The van der Waals surface area contributed by atoms with Crippen LogP contribution in [0.3, 0.4) is 0 Å². The van der Waals surface area contributed by atoms with Crippen molar-refractivity contribution in [1.29, 1.82) is 0 Å². The number of morpholine rings is 1. The number of rotatable bonds is 12. The number of hydrogen-bond donors (Lipinski definition) is 2. The normalized spacial score (nSPS) is 17.0. The number of ether oxygens (including phenoxy) is 3. The molecular weight excluding hydrogens is 364 g/mol. The van der Waals surface area contributed by atoms with Crippen molar-refractivity contribution in [2.45, 2.75) is 19.4 Å². The molecule has 0 aliphatic carbocycles. The first kappa shape index (κ1) is 22.1. The molecule has 1 saturated heterocycles. The van der Waals surface area contributed by atoms with Gasteiger partial charge < -0.3 is 24.8 Å². The largest absolute Gasteiger partial charge is 0.382 e. The van der Waals surface area contributed by atoms with Crippen molar-refractivity contribution in [3.8, 4) is 0 Å². The molecule has 1 atom stereocenters. The highest BCUT2D eigenvalue weighted by atomic mass is 32.1. The molecule has 2 N–H and O–H groups in total. The molecule has 1 aromatic heterocycles. The number of guanidine groups is 1. The van der Waals surface area contributed by atoms with Gasteiger partial charge in [-0.25, -0.2) is 0 Å². The fourth-order valence-electron chi connectivity index (χ4n) is 2.90. The van der Waals surface area contributed by atoms with E-state index < -0.39 is 0 Å². The molecule has 8 heteroatoms. The van der Waals surface area contributed by atoms with E-state index in [1.165, 1.54) is 4.88 Å². The lowest BCUT2D eigenvalue weighted by Crippen LogP contribution is -2.41. The second kappa shape index (κ2) is 13.9. The van der Waals surface area contributed by atoms with E-state index in [9.17, 15) is 0 Å². The van der Waals surface area contributed by atoms with Crippen molar-refractivity contribution in [1.82, 2.24) is 15.5 Å². The van der Waals surface area contributed by atoms with Crippen LogP contribution in [0.5, 0.6) is 0 Å². The lowest BCUT2D eigenvalue weighted by Gasteiger charge is -2.33. The van der Waals surface area contributed by atoms with E-state index >= 15 is 0 Å². The molecule has 1 aromatic rings. The standard InChI is InChI=1S/C19H34N4O3S/c1-3-20-19(21-7-5-10-25-14-13-24-2)22-16-17(18-6-4-15-27-18)23-8-11-26-12-9-23/h4,6,15,17H,3,5,7-14,16H2,1-2H3,(H2,20,21,22). The summed E-state index contributed by atoms with van der Waals surface area (Å²) in [5.74, 6) is 0.865. The zero-order chi connectivity index (χ0) is 19.2. The van der Waals surface area contributed by atoms with Crippen molar-refractivity contribution in [3.63, 3.8) is 0 Å². The Morgan fingerprint density at radius 3 is 2.85 bits per heavy atom. The van der Waals surface area contributed by atoms with Crippen LogP contribution in [0.2, 0.25) is 0 Å². The number of nitrogens with zero attached hydrogens (tertiary/aromatic N) is 2. The molecule has 1 fully saturated rings. The lowest BCUT2D eigenvalue weighted by atomic mass is 10.2. The Bertz CT molecular complexity index is 507. The first-order valence-corrected chi connectivity index (χ1v) is 10.7.